The summed E-state index contributed by atoms with van der Waals surface area (Å²) in [6, 6.07) is 24.0. The molecule has 1 unspecified atom stereocenters. The summed E-state index contributed by atoms with van der Waals surface area (Å²) in [5.74, 6) is 1.21. The van der Waals surface area contributed by atoms with Crippen LogP contribution in [0.4, 0.5) is 11.4 Å². The van der Waals surface area contributed by atoms with Crippen LogP contribution in [0.1, 0.15) is 37.2 Å². The largest absolute Gasteiger partial charge is 0.375 e. The van der Waals surface area contributed by atoms with Crippen molar-refractivity contribution >= 4 is 39.9 Å². The second-order valence-electron chi connectivity index (χ2n) is 8.39. The molecule has 1 aliphatic carbocycles. The zero-order valence-corrected chi connectivity index (χ0v) is 18.6. The first-order valence-electron chi connectivity index (χ1n) is 10.9. The predicted octanol–water partition coefficient (Wildman–Crippen LogP) is 6.26. The summed E-state index contributed by atoms with van der Waals surface area (Å²) in [5.41, 5.74) is 4.88. The van der Waals surface area contributed by atoms with Crippen molar-refractivity contribution in [1.29, 1.82) is 0 Å². The number of aromatic nitrogens is 2. The lowest BCUT2D eigenvalue weighted by atomic mass is 10.2. The van der Waals surface area contributed by atoms with Gasteiger partial charge < -0.3 is 15.2 Å². The highest BCUT2D eigenvalue weighted by atomic mass is 35.5. The van der Waals surface area contributed by atoms with Gasteiger partial charge in [-0.25, -0.2) is 4.98 Å². The average Bonchev–Trinajstić information content (AvgIpc) is 3.58. The van der Waals surface area contributed by atoms with Gasteiger partial charge in [0, 0.05) is 28.9 Å². The quantitative estimate of drug-likeness (QED) is 0.353. The monoisotopic (exact) mass is 444 g/mol. The lowest BCUT2D eigenvalue weighted by Crippen LogP contribution is -2.15. The molecule has 32 heavy (non-hydrogen) atoms. The number of imidazole rings is 1. The Balaban J connectivity index is 1.43. The number of benzene rings is 3. The predicted molar refractivity (Wildman–Crippen MR) is 130 cm³/mol. The lowest BCUT2D eigenvalue weighted by Gasteiger charge is -2.18. The molecule has 0 bridgehead atoms. The number of fused-ring (bicyclic) bond motifs is 1. The van der Waals surface area contributed by atoms with Crippen LogP contribution in [0.15, 0.2) is 72.8 Å². The molecule has 5 nitrogen and oxygen atoms in total. The highest BCUT2D eigenvalue weighted by Crippen LogP contribution is 2.31. The van der Waals surface area contributed by atoms with Crippen molar-refractivity contribution in [1.82, 2.24) is 9.55 Å². The van der Waals surface area contributed by atoms with E-state index in [4.69, 9.17) is 16.6 Å². The smallest absolute Gasteiger partial charge is 0.227 e. The van der Waals surface area contributed by atoms with Gasteiger partial charge in [-0.2, -0.15) is 0 Å². The van der Waals surface area contributed by atoms with Crippen LogP contribution in [-0.2, 0) is 11.3 Å². The van der Waals surface area contributed by atoms with Crippen molar-refractivity contribution in [2.45, 2.75) is 32.4 Å². The minimum Gasteiger partial charge on any atom is -0.375 e. The zero-order valence-electron chi connectivity index (χ0n) is 17.9. The normalized spacial score (nSPS) is 14.3. The number of carbonyl (C=O) groups is 1. The molecule has 1 saturated carbocycles. The Bertz CT molecular complexity index is 1260. The first-order valence-corrected chi connectivity index (χ1v) is 11.3. The molecule has 1 aliphatic rings. The number of nitrogens with one attached hydrogen (secondary N) is 2. The van der Waals surface area contributed by atoms with Crippen LogP contribution >= 0.6 is 11.6 Å². The maximum atomic E-state index is 12.1. The second-order valence-corrected chi connectivity index (χ2v) is 8.82. The molecule has 0 aliphatic heterocycles. The molecule has 0 radical (unpaired) electrons. The van der Waals surface area contributed by atoms with E-state index < -0.39 is 0 Å². The van der Waals surface area contributed by atoms with Gasteiger partial charge in [0.2, 0.25) is 5.91 Å². The van der Waals surface area contributed by atoms with E-state index in [0.717, 1.165) is 47.6 Å². The van der Waals surface area contributed by atoms with Crippen LogP contribution in [0.2, 0.25) is 5.02 Å². The molecule has 2 N–H and O–H groups in total. The Morgan fingerprint density at radius 1 is 1.06 bits per heavy atom. The molecule has 1 amide bonds. The topological polar surface area (TPSA) is 58.9 Å². The van der Waals surface area contributed by atoms with Crippen LogP contribution in [0.5, 0.6) is 0 Å². The van der Waals surface area contributed by atoms with E-state index in [1.165, 1.54) is 5.56 Å². The Labute approximate surface area is 192 Å². The van der Waals surface area contributed by atoms with Crippen LogP contribution in [0.3, 0.4) is 0 Å². The summed E-state index contributed by atoms with van der Waals surface area (Å²) in [7, 11) is 0. The third-order valence-corrected chi connectivity index (χ3v) is 6.01. The molecule has 3 aromatic carbocycles. The number of carbonyl (C=O) groups excluding carboxylic acids is 1. The van der Waals surface area contributed by atoms with E-state index in [1.54, 1.807) is 0 Å². The van der Waals surface area contributed by atoms with Gasteiger partial charge in [-0.1, -0.05) is 48.0 Å². The van der Waals surface area contributed by atoms with Gasteiger partial charge in [0.1, 0.15) is 5.82 Å². The number of rotatable bonds is 7. The van der Waals surface area contributed by atoms with Gasteiger partial charge >= 0.3 is 0 Å². The minimum absolute atomic E-state index is 0.0562. The highest BCUT2D eigenvalue weighted by molar-refractivity contribution is 6.31. The van der Waals surface area contributed by atoms with Crippen LogP contribution in [0, 0.1) is 5.92 Å². The standard InChI is InChI=1S/C26H25ClN4O/c1-17(28-21-8-5-9-22(15-21)29-26(32)19-10-11-19)25-30-23-14-20(27)12-13-24(23)31(25)16-18-6-3-2-4-7-18/h2-9,12-15,17,19,28H,10-11,16H2,1H3,(H,29,32). The summed E-state index contributed by atoms with van der Waals surface area (Å²) >= 11 is 6.24. The van der Waals surface area contributed by atoms with E-state index in [-0.39, 0.29) is 17.9 Å². The average molecular weight is 445 g/mol. The molecule has 6 heteroatoms. The molecule has 1 aromatic heterocycles. The van der Waals surface area contributed by atoms with Gasteiger partial charge in [0.15, 0.2) is 0 Å². The number of halogens is 1. The van der Waals surface area contributed by atoms with E-state index in [2.05, 4.69) is 34.3 Å². The fourth-order valence-electron chi connectivity index (χ4n) is 3.98. The molecule has 5 rings (SSSR count). The maximum absolute atomic E-state index is 12.1. The van der Waals surface area contributed by atoms with Crippen molar-refractivity contribution in [2.24, 2.45) is 5.92 Å². The van der Waals surface area contributed by atoms with Crippen molar-refractivity contribution in [2.75, 3.05) is 10.6 Å². The number of anilines is 2. The van der Waals surface area contributed by atoms with Crippen LogP contribution in [-0.4, -0.2) is 15.5 Å². The van der Waals surface area contributed by atoms with E-state index in [9.17, 15) is 4.79 Å². The van der Waals surface area contributed by atoms with E-state index in [1.807, 2.05) is 60.7 Å². The SMILES string of the molecule is CC(Nc1cccc(NC(=O)C2CC2)c1)c1nc2cc(Cl)ccc2n1Cc1ccccc1. The Hall–Kier alpha value is -3.31. The van der Waals surface area contributed by atoms with Crippen molar-refractivity contribution in [3.8, 4) is 0 Å². The first kappa shape index (κ1) is 20.6. The molecule has 1 atom stereocenters. The molecular weight excluding hydrogens is 420 g/mol. The highest BCUT2D eigenvalue weighted by Gasteiger charge is 2.29. The molecule has 1 fully saturated rings. The molecule has 0 spiro atoms. The summed E-state index contributed by atoms with van der Waals surface area (Å²) < 4.78 is 2.23. The van der Waals surface area contributed by atoms with Crippen molar-refractivity contribution in [3.05, 3.63) is 89.2 Å². The van der Waals surface area contributed by atoms with Gasteiger partial charge in [-0.15, -0.1) is 0 Å². The summed E-state index contributed by atoms with van der Waals surface area (Å²) in [6.45, 7) is 2.82. The fourth-order valence-corrected chi connectivity index (χ4v) is 4.14. The third-order valence-electron chi connectivity index (χ3n) is 5.77. The van der Waals surface area contributed by atoms with Gasteiger partial charge in [0.05, 0.1) is 17.1 Å². The minimum atomic E-state index is -0.0562. The molecule has 4 aromatic rings. The zero-order chi connectivity index (χ0) is 22.1. The van der Waals surface area contributed by atoms with Crippen LogP contribution in [0.25, 0.3) is 11.0 Å². The summed E-state index contributed by atoms with van der Waals surface area (Å²) in [5, 5.41) is 7.24. The lowest BCUT2D eigenvalue weighted by molar-refractivity contribution is -0.117. The van der Waals surface area contributed by atoms with E-state index >= 15 is 0 Å². The Morgan fingerprint density at radius 2 is 1.84 bits per heavy atom. The third kappa shape index (κ3) is 4.48. The number of nitrogens with zero attached hydrogens (tertiary/aromatic N) is 2. The number of hydrogen-bond acceptors (Lipinski definition) is 3. The van der Waals surface area contributed by atoms with E-state index in [0.29, 0.717) is 5.02 Å². The number of hydrogen-bond donors (Lipinski definition) is 2. The van der Waals surface area contributed by atoms with Crippen LogP contribution < -0.4 is 10.6 Å². The fraction of sp³-hybridized carbons (Fsp3) is 0.231. The molecule has 1 heterocycles. The van der Waals surface area contributed by atoms with Crippen molar-refractivity contribution < 1.29 is 4.79 Å². The Morgan fingerprint density at radius 3 is 2.62 bits per heavy atom. The molecular formula is C26H25ClN4O. The van der Waals surface area contributed by atoms with Crippen molar-refractivity contribution in [3.63, 3.8) is 0 Å². The summed E-state index contributed by atoms with van der Waals surface area (Å²) in [6.07, 6.45) is 1.98. The first-order chi connectivity index (χ1) is 15.6. The maximum Gasteiger partial charge on any atom is 0.227 e. The number of amides is 1. The van der Waals surface area contributed by atoms with Gasteiger partial charge in [0.25, 0.3) is 0 Å². The molecule has 0 saturated heterocycles. The summed E-state index contributed by atoms with van der Waals surface area (Å²) in [4.78, 5) is 17.0. The van der Waals surface area contributed by atoms with Gasteiger partial charge in [-0.3, -0.25) is 4.79 Å². The second kappa shape index (κ2) is 8.67. The van der Waals surface area contributed by atoms with Gasteiger partial charge in [-0.05, 0) is 61.7 Å². The molecule has 162 valence electrons. The Kier molecular flexibility index (Phi) is 5.58.